The number of nitrogens with zero attached hydrogens (tertiary/aromatic N) is 5. The van der Waals surface area contributed by atoms with Gasteiger partial charge in [-0.3, -0.25) is 24.5 Å². The number of carbonyl (C=O) groups excluding carboxylic acids is 1. The van der Waals surface area contributed by atoms with Crippen molar-refractivity contribution < 1.29 is 9.72 Å². The van der Waals surface area contributed by atoms with Gasteiger partial charge in [0.1, 0.15) is 0 Å². The van der Waals surface area contributed by atoms with Crippen LogP contribution in [0.4, 0.5) is 5.69 Å². The first kappa shape index (κ1) is 17.0. The first-order valence-electron chi connectivity index (χ1n) is 9.23. The summed E-state index contributed by atoms with van der Waals surface area (Å²) in [7, 11) is 0. The quantitative estimate of drug-likeness (QED) is 0.619. The maximum atomic E-state index is 12.5. The van der Waals surface area contributed by atoms with Gasteiger partial charge < -0.3 is 4.90 Å². The number of hydrogen-bond donors (Lipinski definition) is 0. The minimum absolute atomic E-state index is 0.0779. The highest BCUT2D eigenvalue weighted by atomic mass is 16.6. The number of amides is 1. The average Bonchev–Trinajstić information content (AvgIpc) is 3.32. The standard InChI is InChI=1S/C18H23N5O3/c24-18(21-7-1-2-8-21)14-5-9-20(10-6-14)13-22-17-11-16(23(25)26)4-3-15(17)12-19-22/h3-4,11-12,14H,1-2,5-10,13H2. The molecule has 138 valence electrons. The largest absolute Gasteiger partial charge is 0.342 e. The summed E-state index contributed by atoms with van der Waals surface area (Å²) in [5, 5.41) is 16.3. The highest BCUT2D eigenvalue weighted by Gasteiger charge is 2.30. The zero-order chi connectivity index (χ0) is 18.1. The van der Waals surface area contributed by atoms with Crippen LogP contribution < -0.4 is 0 Å². The van der Waals surface area contributed by atoms with Gasteiger partial charge in [-0.2, -0.15) is 5.10 Å². The first-order chi connectivity index (χ1) is 12.6. The second-order valence-corrected chi connectivity index (χ2v) is 7.21. The Kier molecular flexibility index (Phi) is 4.58. The van der Waals surface area contributed by atoms with Crippen molar-refractivity contribution in [2.24, 2.45) is 5.92 Å². The molecule has 1 amide bonds. The average molecular weight is 357 g/mol. The lowest BCUT2D eigenvalue weighted by Gasteiger charge is -2.33. The molecule has 0 radical (unpaired) electrons. The highest BCUT2D eigenvalue weighted by Crippen LogP contribution is 2.24. The zero-order valence-electron chi connectivity index (χ0n) is 14.7. The van der Waals surface area contributed by atoms with E-state index < -0.39 is 0 Å². The normalized spacial score (nSPS) is 19.3. The number of piperidine rings is 1. The van der Waals surface area contributed by atoms with E-state index in [0.29, 0.717) is 12.6 Å². The molecule has 0 atom stereocenters. The van der Waals surface area contributed by atoms with E-state index in [4.69, 9.17) is 0 Å². The van der Waals surface area contributed by atoms with Gasteiger partial charge in [-0.15, -0.1) is 0 Å². The summed E-state index contributed by atoms with van der Waals surface area (Å²) < 4.78 is 1.81. The molecule has 0 unspecified atom stereocenters. The molecule has 2 fully saturated rings. The molecular weight excluding hydrogens is 334 g/mol. The lowest BCUT2D eigenvalue weighted by molar-refractivity contribution is -0.384. The third-order valence-electron chi connectivity index (χ3n) is 5.53. The fraction of sp³-hybridized carbons (Fsp3) is 0.556. The van der Waals surface area contributed by atoms with E-state index in [1.807, 2.05) is 9.58 Å². The maximum Gasteiger partial charge on any atom is 0.271 e. The van der Waals surface area contributed by atoms with Crippen LogP contribution in [0.5, 0.6) is 0 Å². The lowest BCUT2D eigenvalue weighted by Crippen LogP contribution is -2.42. The summed E-state index contributed by atoms with van der Waals surface area (Å²) >= 11 is 0. The van der Waals surface area contributed by atoms with Gasteiger partial charge in [0.25, 0.3) is 5.69 Å². The fourth-order valence-corrected chi connectivity index (χ4v) is 3.99. The molecular formula is C18H23N5O3. The van der Waals surface area contributed by atoms with Gasteiger partial charge >= 0.3 is 0 Å². The molecule has 0 aliphatic carbocycles. The Morgan fingerprint density at radius 3 is 2.62 bits per heavy atom. The Morgan fingerprint density at radius 1 is 1.19 bits per heavy atom. The van der Waals surface area contributed by atoms with Crippen LogP contribution in [-0.4, -0.2) is 56.6 Å². The number of nitro benzene ring substituents is 1. The van der Waals surface area contributed by atoms with Crippen LogP contribution in [0.15, 0.2) is 24.4 Å². The zero-order valence-corrected chi connectivity index (χ0v) is 14.7. The van der Waals surface area contributed by atoms with Crippen molar-refractivity contribution in [2.45, 2.75) is 32.4 Å². The molecule has 3 heterocycles. The van der Waals surface area contributed by atoms with Crippen molar-refractivity contribution in [3.63, 3.8) is 0 Å². The van der Waals surface area contributed by atoms with Crippen LogP contribution in [0, 0.1) is 16.0 Å². The summed E-state index contributed by atoms with van der Waals surface area (Å²) in [4.78, 5) is 27.4. The molecule has 2 aliphatic rings. The number of benzene rings is 1. The number of rotatable bonds is 4. The number of aromatic nitrogens is 2. The van der Waals surface area contributed by atoms with E-state index in [1.165, 1.54) is 6.07 Å². The van der Waals surface area contributed by atoms with Gasteiger partial charge in [0, 0.05) is 49.6 Å². The Hall–Kier alpha value is -2.48. The topological polar surface area (TPSA) is 84.5 Å². The van der Waals surface area contributed by atoms with Gasteiger partial charge in [-0.1, -0.05) is 0 Å². The molecule has 0 spiro atoms. The Balaban J connectivity index is 1.40. The molecule has 2 aliphatic heterocycles. The Bertz CT molecular complexity index is 819. The molecule has 1 aromatic heterocycles. The van der Waals surface area contributed by atoms with E-state index in [9.17, 15) is 14.9 Å². The first-order valence-corrected chi connectivity index (χ1v) is 9.23. The van der Waals surface area contributed by atoms with Gasteiger partial charge in [0.15, 0.2) is 0 Å². The second kappa shape index (κ2) is 7.03. The monoisotopic (exact) mass is 357 g/mol. The van der Waals surface area contributed by atoms with Crippen molar-refractivity contribution in [1.82, 2.24) is 19.6 Å². The van der Waals surface area contributed by atoms with E-state index in [-0.39, 0.29) is 16.5 Å². The van der Waals surface area contributed by atoms with Crippen molar-refractivity contribution >= 4 is 22.5 Å². The van der Waals surface area contributed by atoms with Crippen LogP contribution in [0.3, 0.4) is 0 Å². The van der Waals surface area contributed by atoms with Crippen molar-refractivity contribution in [1.29, 1.82) is 0 Å². The summed E-state index contributed by atoms with van der Waals surface area (Å²) in [6.07, 6.45) is 5.73. The predicted molar refractivity (Wildman–Crippen MR) is 96.5 cm³/mol. The summed E-state index contributed by atoms with van der Waals surface area (Å²) in [6.45, 7) is 4.12. The Morgan fingerprint density at radius 2 is 1.92 bits per heavy atom. The van der Waals surface area contributed by atoms with Gasteiger partial charge in [0.2, 0.25) is 5.91 Å². The molecule has 2 saturated heterocycles. The Labute approximate surface area is 151 Å². The maximum absolute atomic E-state index is 12.5. The number of hydrogen-bond acceptors (Lipinski definition) is 5. The molecule has 2 aromatic rings. The number of nitro groups is 1. The predicted octanol–water partition coefficient (Wildman–Crippen LogP) is 2.24. The molecule has 8 heteroatoms. The molecule has 0 saturated carbocycles. The van der Waals surface area contributed by atoms with Crippen LogP contribution in [-0.2, 0) is 11.5 Å². The van der Waals surface area contributed by atoms with E-state index in [1.54, 1.807) is 18.3 Å². The highest BCUT2D eigenvalue weighted by molar-refractivity contribution is 5.81. The van der Waals surface area contributed by atoms with Crippen molar-refractivity contribution in [3.05, 3.63) is 34.5 Å². The number of fused-ring (bicyclic) bond motifs is 1. The molecule has 4 rings (SSSR count). The number of non-ortho nitro benzene ring substituents is 1. The molecule has 0 N–H and O–H groups in total. The second-order valence-electron chi connectivity index (χ2n) is 7.21. The lowest BCUT2D eigenvalue weighted by atomic mass is 9.95. The van der Waals surface area contributed by atoms with Crippen LogP contribution in [0.1, 0.15) is 25.7 Å². The molecule has 26 heavy (non-hydrogen) atoms. The van der Waals surface area contributed by atoms with E-state index in [2.05, 4.69) is 10.00 Å². The number of carbonyl (C=O) groups is 1. The summed E-state index contributed by atoms with van der Waals surface area (Å²) in [5.41, 5.74) is 0.851. The van der Waals surface area contributed by atoms with E-state index >= 15 is 0 Å². The van der Waals surface area contributed by atoms with Gasteiger partial charge in [0.05, 0.1) is 23.3 Å². The smallest absolute Gasteiger partial charge is 0.271 e. The van der Waals surface area contributed by atoms with Gasteiger partial charge in [-0.25, -0.2) is 0 Å². The summed E-state index contributed by atoms with van der Waals surface area (Å²) in [6, 6.07) is 4.81. The third-order valence-corrected chi connectivity index (χ3v) is 5.53. The molecule has 8 nitrogen and oxygen atoms in total. The van der Waals surface area contributed by atoms with Crippen LogP contribution in [0.25, 0.3) is 10.9 Å². The number of likely N-dealkylation sites (tertiary alicyclic amines) is 2. The van der Waals surface area contributed by atoms with Gasteiger partial charge in [-0.05, 0) is 31.7 Å². The third kappa shape index (κ3) is 3.29. The SMILES string of the molecule is O=C(C1CCN(Cn2ncc3ccc([N+](=O)[O-])cc32)CC1)N1CCCC1. The minimum Gasteiger partial charge on any atom is -0.342 e. The minimum atomic E-state index is -0.383. The molecule has 0 bridgehead atoms. The van der Waals surface area contributed by atoms with E-state index in [0.717, 1.165) is 62.8 Å². The molecule has 1 aromatic carbocycles. The fourth-order valence-electron chi connectivity index (χ4n) is 3.99. The van der Waals surface area contributed by atoms with Crippen LogP contribution in [0.2, 0.25) is 0 Å². The summed E-state index contributed by atoms with van der Waals surface area (Å²) in [5.74, 6) is 0.460. The van der Waals surface area contributed by atoms with Crippen LogP contribution >= 0.6 is 0 Å². The van der Waals surface area contributed by atoms with Crippen molar-refractivity contribution in [3.8, 4) is 0 Å². The van der Waals surface area contributed by atoms with Crippen molar-refractivity contribution in [2.75, 3.05) is 26.2 Å².